The van der Waals surface area contributed by atoms with Crippen molar-refractivity contribution in [2.75, 3.05) is 0 Å². The van der Waals surface area contributed by atoms with Crippen molar-refractivity contribution in [2.45, 2.75) is 32.1 Å². The maximum absolute atomic E-state index is 5.33. The lowest BCUT2D eigenvalue weighted by Gasteiger charge is -2.28. The Hall–Kier alpha value is -14.4. The number of benzene rings is 18. The molecule has 3 aromatic heterocycles. The predicted molar refractivity (Wildman–Crippen MR) is 474 cm³/mol. The van der Waals surface area contributed by atoms with Crippen LogP contribution in [0.3, 0.4) is 0 Å². The van der Waals surface area contributed by atoms with Gasteiger partial charge in [0, 0.05) is 55.0 Å². The summed E-state index contributed by atoms with van der Waals surface area (Å²) >= 11 is 0. The van der Waals surface area contributed by atoms with Crippen LogP contribution in [-0.2, 0) is 5.41 Å². The highest BCUT2D eigenvalue weighted by molar-refractivity contribution is 6.44. The molecule has 0 N–H and O–H groups in total. The Morgan fingerprint density at radius 2 is 0.655 bits per heavy atom. The number of hydrogen-bond donors (Lipinski definition) is 0. The van der Waals surface area contributed by atoms with Crippen LogP contribution in [0.25, 0.3) is 215 Å². The van der Waals surface area contributed by atoms with Crippen LogP contribution in [0.2, 0.25) is 0 Å². The van der Waals surface area contributed by atoms with Gasteiger partial charge in [-0.25, -0.2) is 15.0 Å². The Bertz CT molecular complexity index is 7520. The zero-order chi connectivity index (χ0) is 74.6. The molecule has 5 heteroatoms. The topological polar surface area (TPSA) is 48.5 Å². The van der Waals surface area contributed by atoms with Gasteiger partial charge < -0.3 is 9.13 Å². The number of fused-ring (bicyclic) bond motifs is 14. The SMILES string of the molecule is CC1(C)C2=C(C=CCC2)c2cc3c4ccccc4n(-c4ccc5c(c4)c4cc(-c6nc(-c7ccccc7)nc(-c7ccccc7)n6)ccc4n5-c4ccc(-c5c(-c6ccccc6)c(-c6cccc(-c7ccccc7)c6)c6c7cccc8c9ccccc9c9cccc(c6c5-c5cccc(-c6ccccc6)c5)c9c87)cc4)c3cc21. The van der Waals surface area contributed by atoms with Gasteiger partial charge in [-0.05, 0) is 229 Å². The van der Waals surface area contributed by atoms with E-state index in [9.17, 15) is 0 Å². The van der Waals surface area contributed by atoms with E-state index in [4.69, 9.17) is 15.0 Å². The number of nitrogens with zero attached hydrogens (tertiary/aromatic N) is 5. The van der Waals surface area contributed by atoms with Gasteiger partial charge >= 0.3 is 0 Å². The van der Waals surface area contributed by atoms with Crippen molar-refractivity contribution in [3.8, 4) is 112 Å². The lowest BCUT2D eigenvalue weighted by molar-refractivity contribution is 0.608. The summed E-state index contributed by atoms with van der Waals surface area (Å²) in [6.45, 7) is 4.86. The van der Waals surface area contributed by atoms with E-state index in [-0.39, 0.29) is 5.41 Å². The summed E-state index contributed by atoms with van der Waals surface area (Å²) in [5, 5.41) is 17.2. The lowest BCUT2D eigenvalue weighted by atomic mass is 9.75. The van der Waals surface area contributed by atoms with Crippen LogP contribution in [-0.4, -0.2) is 24.1 Å². The van der Waals surface area contributed by atoms with Crippen LogP contribution in [0, 0.1) is 0 Å². The molecular formula is C108H71N5. The molecule has 0 saturated heterocycles. The first-order chi connectivity index (χ1) is 55.8. The third kappa shape index (κ3) is 10.0. The number of allylic oxidation sites excluding steroid dienone is 4. The summed E-state index contributed by atoms with van der Waals surface area (Å²) < 4.78 is 4.99. The third-order valence-corrected chi connectivity index (χ3v) is 24.6. The zero-order valence-corrected chi connectivity index (χ0v) is 62.4. The highest BCUT2D eigenvalue weighted by Gasteiger charge is 2.39. The molecule has 528 valence electrons. The van der Waals surface area contributed by atoms with Gasteiger partial charge in [-0.1, -0.05) is 311 Å². The molecule has 21 aromatic rings. The monoisotopic (exact) mass is 1440 g/mol. The zero-order valence-electron chi connectivity index (χ0n) is 62.4. The van der Waals surface area contributed by atoms with Gasteiger partial charge in [0.1, 0.15) is 0 Å². The molecule has 2 aliphatic carbocycles. The molecule has 0 unspecified atom stereocenters. The first kappa shape index (κ1) is 64.6. The standard InChI is InChI=1S/C108H71N5/c1-108(2)91-50-22-20-44-81(91)87-64-90-82-45-21-23-51-93(82)113(96(90)65-92(87)108)78-57-59-95-89(63-78)88-62-76(107-110-105(70-34-14-6-15-35-70)109-106(111-107)71-36-16-7-17-37-71)54-58-94(88)112(95)77-55-52-69(53-56-77)98-97(68-32-12-5-13-33-68)99(74-40-24-38-72(60-74)66-28-8-3-9-29-66)103-85-48-26-46-83-79-42-18-19-43-80(79)84-47-27-49-86(102(84)101(83)85)104(103)100(98)75-41-25-39-73(61-75)67-30-10-4-11-31-67/h3-21,23-49,51-65H,22,50H2,1-2H3. The van der Waals surface area contributed by atoms with Gasteiger partial charge in [-0.15, -0.1) is 0 Å². The molecule has 0 amide bonds. The maximum atomic E-state index is 5.33. The van der Waals surface area contributed by atoms with Gasteiger partial charge in [0.05, 0.1) is 22.1 Å². The fraction of sp³-hybridized carbons (Fsp3) is 0.0463. The Balaban J connectivity index is 0.808. The molecule has 0 spiro atoms. The van der Waals surface area contributed by atoms with Crippen molar-refractivity contribution in [1.82, 2.24) is 24.1 Å². The molecule has 23 rings (SSSR count). The van der Waals surface area contributed by atoms with Crippen molar-refractivity contribution < 1.29 is 0 Å². The van der Waals surface area contributed by atoms with E-state index in [1.807, 2.05) is 36.4 Å². The fourth-order valence-electron chi connectivity index (χ4n) is 19.5. The highest BCUT2D eigenvalue weighted by atomic mass is 15.0. The largest absolute Gasteiger partial charge is 0.309 e. The molecule has 3 heterocycles. The van der Waals surface area contributed by atoms with Gasteiger partial charge in [-0.2, -0.15) is 0 Å². The van der Waals surface area contributed by atoms with E-state index < -0.39 is 0 Å². The molecule has 5 nitrogen and oxygen atoms in total. The third-order valence-electron chi connectivity index (χ3n) is 24.6. The molecule has 0 radical (unpaired) electrons. The van der Waals surface area contributed by atoms with E-state index in [1.165, 1.54) is 120 Å². The molecule has 0 aliphatic heterocycles. The van der Waals surface area contributed by atoms with E-state index >= 15 is 0 Å². The van der Waals surface area contributed by atoms with Gasteiger partial charge in [-0.3, -0.25) is 0 Å². The maximum Gasteiger partial charge on any atom is 0.164 e. The minimum Gasteiger partial charge on any atom is -0.309 e. The van der Waals surface area contributed by atoms with E-state index in [0.717, 1.165) is 102 Å². The van der Waals surface area contributed by atoms with Crippen LogP contribution in [0.5, 0.6) is 0 Å². The van der Waals surface area contributed by atoms with Crippen LogP contribution < -0.4 is 0 Å². The van der Waals surface area contributed by atoms with Crippen LogP contribution in [0.4, 0.5) is 0 Å². The average molecular weight is 1440 g/mol. The number of para-hydroxylation sites is 1. The second-order valence-corrected chi connectivity index (χ2v) is 31.1. The van der Waals surface area contributed by atoms with Crippen molar-refractivity contribution >= 4 is 103 Å². The van der Waals surface area contributed by atoms with Crippen LogP contribution in [0.15, 0.2) is 376 Å². The molecule has 0 atom stereocenters. The minimum atomic E-state index is -0.107. The number of hydrogen-bond acceptors (Lipinski definition) is 3. The van der Waals surface area contributed by atoms with Crippen molar-refractivity contribution in [1.29, 1.82) is 0 Å². The summed E-state index contributed by atoms with van der Waals surface area (Å²) in [6.07, 6.45) is 6.90. The Labute approximate surface area is 654 Å². The molecule has 0 bridgehead atoms. The molecule has 0 saturated carbocycles. The van der Waals surface area contributed by atoms with E-state index in [0.29, 0.717) is 17.5 Å². The van der Waals surface area contributed by atoms with Gasteiger partial charge in [0.15, 0.2) is 17.5 Å². The normalized spacial score (nSPS) is 13.3. The van der Waals surface area contributed by atoms with Crippen LogP contribution in [0.1, 0.15) is 37.8 Å². The Morgan fingerprint density at radius 1 is 0.257 bits per heavy atom. The molecule has 18 aromatic carbocycles. The fourth-order valence-corrected chi connectivity index (χ4v) is 19.5. The van der Waals surface area contributed by atoms with Crippen molar-refractivity contribution in [2.24, 2.45) is 0 Å². The summed E-state index contributed by atoms with van der Waals surface area (Å²) in [5.41, 5.74) is 28.8. The van der Waals surface area contributed by atoms with E-state index in [2.05, 4.69) is 357 Å². The summed E-state index contributed by atoms with van der Waals surface area (Å²) in [4.78, 5) is 15.8. The number of rotatable bonds is 11. The lowest BCUT2D eigenvalue weighted by Crippen LogP contribution is -2.17. The molecule has 113 heavy (non-hydrogen) atoms. The first-order valence-electron chi connectivity index (χ1n) is 39.4. The summed E-state index contributed by atoms with van der Waals surface area (Å²) in [5.74, 6) is 1.84. The van der Waals surface area contributed by atoms with Gasteiger partial charge in [0.25, 0.3) is 0 Å². The molecule has 0 fully saturated rings. The Morgan fingerprint density at radius 3 is 1.22 bits per heavy atom. The minimum absolute atomic E-state index is 0.107. The highest BCUT2D eigenvalue weighted by Crippen LogP contribution is 2.58. The summed E-state index contributed by atoms with van der Waals surface area (Å²) in [6, 6.07) is 133. The van der Waals surface area contributed by atoms with E-state index in [1.54, 1.807) is 5.57 Å². The number of aromatic nitrogens is 5. The predicted octanol–water partition coefficient (Wildman–Crippen LogP) is 28.7. The quantitative estimate of drug-likeness (QED) is 0.0958. The second kappa shape index (κ2) is 25.3. The van der Waals surface area contributed by atoms with Crippen molar-refractivity contribution in [3.63, 3.8) is 0 Å². The van der Waals surface area contributed by atoms with Crippen LogP contribution >= 0.6 is 0 Å². The smallest absolute Gasteiger partial charge is 0.164 e. The van der Waals surface area contributed by atoms with Crippen molar-refractivity contribution in [3.05, 3.63) is 387 Å². The molecular weight excluding hydrogens is 1370 g/mol. The second-order valence-electron chi connectivity index (χ2n) is 31.1. The molecule has 2 aliphatic rings. The summed E-state index contributed by atoms with van der Waals surface area (Å²) in [7, 11) is 0. The Kier molecular flexibility index (Phi) is 14.5. The average Bonchev–Trinajstić information content (AvgIpc) is 1.39. The van der Waals surface area contributed by atoms with Gasteiger partial charge in [0.2, 0.25) is 0 Å². The first-order valence-corrected chi connectivity index (χ1v) is 39.4.